The maximum Gasteiger partial charge on any atom is 0.235 e. The quantitative estimate of drug-likeness (QED) is 0.677. The highest BCUT2D eigenvalue weighted by atomic mass is 16.3. The SMILES string of the molecule is CCC1(CC)CC(=O)N(CC(N)C(C)O)C1=O. The molecule has 0 radical (unpaired) electrons. The summed E-state index contributed by atoms with van der Waals surface area (Å²) in [7, 11) is 0. The van der Waals surface area contributed by atoms with E-state index < -0.39 is 17.6 Å². The normalized spacial score (nSPS) is 23.0. The van der Waals surface area contributed by atoms with Crippen LogP contribution in [0.4, 0.5) is 0 Å². The minimum Gasteiger partial charge on any atom is -0.392 e. The third-order valence-electron chi connectivity index (χ3n) is 3.86. The lowest BCUT2D eigenvalue weighted by molar-refractivity contribution is -0.142. The van der Waals surface area contributed by atoms with Gasteiger partial charge in [-0.1, -0.05) is 13.8 Å². The predicted octanol–water partition coefficient (Wildman–Crippen LogP) is 0.260. The highest BCUT2D eigenvalue weighted by Crippen LogP contribution is 2.39. The fourth-order valence-corrected chi connectivity index (χ4v) is 2.21. The Morgan fingerprint density at radius 2 is 1.94 bits per heavy atom. The van der Waals surface area contributed by atoms with Gasteiger partial charge >= 0.3 is 0 Å². The number of nitrogens with two attached hydrogens (primary N) is 1. The van der Waals surface area contributed by atoms with Gasteiger partial charge in [0, 0.05) is 19.0 Å². The van der Waals surface area contributed by atoms with Gasteiger partial charge in [0.25, 0.3) is 0 Å². The van der Waals surface area contributed by atoms with E-state index in [-0.39, 0.29) is 24.8 Å². The number of amides is 2. The van der Waals surface area contributed by atoms with Gasteiger partial charge in [0.2, 0.25) is 11.8 Å². The van der Waals surface area contributed by atoms with Gasteiger partial charge in [0.1, 0.15) is 0 Å². The summed E-state index contributed by atoms with van der Waals surface area (Å²) in [5.74, 6) is -0.307. The Morgan fingerprint density at radius 3 is 2.29 bits per heavy atom. The van der Waals surface area contributed by atoms with E-state index in [4.69, 9.17) is 5.73 Å². The zero-order valence-corrected chi connectivity index (χ0v) is 10.8. The second kappa shape index (κ2) is 5.14. The second-order valence-electron chi connectivity index (χ2n) is 4.88. The largest absolute Gasteiger partial charge is 0.392 e. The molecular formula is C12H22N2O3. The number of nitrogens with zero attached hydrogens (tertiary/aromatic N) is 1. The van der Waals surface area contributed by atoms with E-state index in [9.17, 15) is 14.7 Å². The van der Waals surface area contributed by atoms with Crippen molar-refractivity contribution in [1.29, 1.82) is 0 Å². The van der Waals surface area contributed by atoms with Crippen molar-refractivity contribution in [1.82, 2.24) is 4.90 Å². The molecule has 2 atom stereocenters. The number of carbonyl (C=O) groups is 2. The van der Waals surface area contributed by atoms with Crippen molar-refractivity contribution in [3.8, 4) is 0 Å². The Kier molecular flexibility index (Phi) is 4.27. The van der Waals surface area contributed by atoms with Crippen molar-refractivity contribution in [2.45, 2.75) is 52.2 Å². The molecule has 0 aliphatic carbocycles. The van der Waals surface area contributed by atoms with Gasteiger partial charge in [-0.2, -0.15) is 0 Å². The van der Waals surface area contributed by atoms with Crippen molar-refractivity contribution in [2.75, 3.05) is 6.54 Å². The number of imide groups is 1. The molecule has 0 spiro atoms. The molecule has 2 unspecified atom stereocenters. The topological polar surface area (TPSA) is 83.6 Å². The molecule has 0 aromatic rings. The fraction of sp³-hybridized carbons (Fsp3) is 0.833. The van der Waals surface area contributed by atoms with E-state index in [1.807, 2.05) is 13.8 Å². The first-order chi connectivity index (χ1) is 7.88. The molecule has 1 fully saturated rings. The lowest BCUT2D eigenvalue weighted by Crippen LogP contribution is -2.47. The van der Waals surface area contributed by atoms with E-state index in [0.29, 0.717) is 12.8 Å². The number of aliphatic hydroxyl groups is 1. The fourth-order valence-electron chi connectivity index (χ4n) is 2.21. The molecular weight excluding hydrogens is 220 g/mol. The third kappa shape index (κ3) is 2.50. The molecule has 1 rings (SSSR count). The number of rotatable bonds is 5. The molecule has 17 heavy (non-hydrogen) atoms. The van der Waals surface area contributed by atoms with Crippen molar-refractivity contribution in [3.05, 3.63) is 0 Å². The van der Waals surface area contributed by atoms with E-state index in [1.165, 1.54) is 4.90 Å². The first-order valence-electron chi connectivity index (χ1n) is 6.16. The average Bonchev–Trinajstić information content (AvgIpc) is 2.53. The third-order valence-corrected chi connectivity index (χ3v) is 3.86. The van der Waals surface area contributed by atoms with Crippen LogP contribution in [0, 0.1) is 5.41 Å². The number of likely N-dealkylation sites (tertiary alicyclic amines) is 1. The van der Waals surface area contributed by atoms with Crippen LogP contribution in [0.5, 0.6) is 0 Å². The van der Waals surface area contributed by atoms with Crippen molar-refractivity contribution < 1.29 is 14.7 Å². The van der Waals surface area contributed by atoms with Gasteiger partial charge in [-0.15, -0.1) is 0 Å². The van der Waals surface area contributed by atoms with Crippen LogP contribution < -0.4 is 5.73 Å². The van der Waals surface area contributed by atoms with E-state index in [0.717, 1.165) is 0 Å². The molecule has 3 N–H and O–H groups in total. The summed E-state index contributed by atoms with van der Waals surface area (Å²) in [6, 6.07) is -0.576. The maximum absolute atomic E-state index is 12.2. The summed E-state index contributed by atoms with van der Waals surface area (Å²) < 4.78 is 0. The van der Waals surface area contributed by atoms with Gasteiger partial charge in [-0.25, -0.2) is 0 Å². The van der Waals surface area contributed by atoms with Gasteiger partial charge in [-0.3, -0.25) is 14.5 Å². The molecule has 1 heterocycles. The molecule has 0 aromatic carbocycles. The van der Waals surface area contributed by atoms with Crippen molar-refractivity contribution >= 4 is 11.8 Å². The number of aliphatic hydroxyl groups excluding tert-OH is 1. The molecule has 1 aliphatic heterocycles. The lowest BCUT2D eigenvalue weighted by Gasteiger charge is -2.25. The summed E-state index contributed by atoms with van der Waals surface area (Å²) in [5.41, 5.74) is 5.15. The van der Waals surface area contributed by atoms with E-state index >= 15 is 0 Å². The number of hydrogen-bond acceptors (Lipinski definition) is 4. The zero-order valence-electron chi connectivity index (χ0n) is 10.8. The zero-order chi connectivity index (χ0) is 13.2. The highest BCUT2D eigenvalue weighted by Gasteiger charge is 2.49. The Hall–Kier alpha value is -0.940. The summed E-state index contributed by atoms with van der Waals surface area (Å²) >= 11 is 0. The maximum atomic E-state index is 12.2. The molecule has 5 nitrogen and oxygen atoms in total. The Labute approximate surface area is 102 Å². The lowest BCUT2D eigenvalue weighted by atomic mass is 9.81. The first kappa shape index (κ1) is 14.1. The average molecular weight is 242 g/mol. The van der Waals surface area contributed by atoms with Crippen molar-refractivity contribution in [2.24, 2.45) is 11.1 Å². The summed E-state index contributed by atoms with van der Waals surface area (Å²) in [6.07, 6.45) is 0.864. The minimum atomic E-state index is -0.728. The van der Waals surface area contributed by atoms with Crippen LogP contribution >= 0.6 is 0 Å². The molecule has 98 valence electrons. The summed E-state index contributed by atoms with van der Waals surface area (Å²) in [4.78, 5) is 25.3. The van der Waals surface area contributed by atoms with Crippen LogP contribution in [0.25, 0.3) is 0 Å². The monoisotopic (exact) mass is 242 g/mol. The molecule has 0 saturated carbocycles. The number of carbonyl (C=O) groups excluding carboxylic acids is 2. The van der Waals surface area contributed by atoms with Crippen LogP contribution in [0.3, 0.4) is 0 Å². The van der Waals surface area contributed by atoms with Crippen molar-refractivity contribution in [3.63, 3.8) is 0 Å². The van der Waals surface area contributed by atoms with Crippen LogP contribution in [0.1, 0.15) is 40.0 Å². The van der Waals surface area contributed by atoms with E-state index in [2.05, 4.69) is 0 Å². The Morgan fingerprint density at radius 1 is 1.41 bits per heavy atom. The highest BCUT2D eigenvalue weighted by molar-refractivity contribution is 6.05. The van der Waals surface area contributed by atoms with Gasteiger partial charge in [0.05, 0.1) is 11.5 Å². The van der Waals surface area contributed by atoms with Crippen LogP contribution in [-0.2, 0) is 9.59 Å². The van der Waals surface area contributed by atoms with E-state index in [1.54, 1.807) is 6.92 Å². The molecule has 5 heteroatoms. The molecule has 0 aromatic heterocycles. The van der Waals surface area contributed by atoms with Crippen LogP contribution in [0.15, 0.2) is 0 Å². The minimum absolute atomic E-state index is 0.108. The molecule has 1 aliphatic rings. The molecule has 1 saturated heterocycles. The predicted molar refractivity (Wildman–Crippen MR) is 64.0 cm³/mol. The first-order valence-corrected chi connectivity index (χ1v) is 6.16. The second-order valence-corrected chi connectivity index (χ2v) is 4.88. The number of hydrogen-bond donors (Lipinski definition) is 2. The van der Waals surface area contributed by atoms with Gasteiger partial charge in [-0.05, 0) is 19.8 Å². The Bertz CT molecular complexity index is 311. The summed E-state index contributed by atoms with van der Waals surface area (Å²) in [5, 5.41) is 9.32. The molecule has 2 amide bonds. The summed E-state index contributed by atoms with van der Waals surface area (Å²) in [6.45, 7) is 5.51. The van der Waals surface area contributed by atoms with Gasteiger partial charge in [0.15, 0.2) is 0 Å². The smallest absolute Gasteiger partial charge is 0.235 e. The molecule has 0 bridgehead atoms. The van der Waals surface area contributed by atoms with Gasteiger partial charge < -0.3 is 10.8 Å². The van der Waals surface area contributed by atoms with Crippen LogP contribution in [0.2, 0.25) is 0 Å². The van der Waals surface area contributed by atoms with Crippen LogP contribution in [-0.4, -0.2) is 40.5 Å². The Balaban J connectivity index is 2.82. The standard InChI is InChI=1S/C12H22N2O3/c1-4-12(5-2)6-10(16)14(11(12)17)7-9(13)8(3)15/h8-9,15H,4-7,13H2,1-3H3.